The lowest BCUT2D eigenvalue weighted by atomic mass is 10.3. The molecule has 12 heavy (non-hydrogen) atoms. The van der Waals surface area contributed by atoms with Crippen molar-refractivity contribution in [1.82, 2.24) is 4.90 Å². The molecule has 0 aliphatic heterocycles. The summed E-state index contributed by atoms with van der Waals surface area (Å²) in [6.07, 6.45) is 0. The van der Waals surface area contributed by atoms with E-state index in [1.807, 2.05) is 20.8 Å². The minimum absolute atomic E-state index is 0.0388. The summed E-state index contributed by atoms with van der Waals surface area (Å²) >= 11 is 1.50. The molecule has 0 unspecified atom stereocenters. The highest BCUT2D eigenvalue weighted by Gasteiger charge is 2.14. The summed E-state index contributed by atoms with van der Waals surface area (Å²) in [5, 5.41) is 0. The van der Waals surface area contributed by atoms with Gasteiger partial charge in [-0.15, -0.1) is 11.8 Å². The van der Waals surface area contributed by atoms with Gasteiger partial charge < -0.3 is 4.90 Å². The Hall–Kier alpha value is -0.440. The van der Waals surface area contributed by atoms with Gasteiger partial charge in [-0.3, -0.25) is 4.79 Å². The summed E-state index contributed by atoms with van der Waals surface area (Å²) in [6, 6.07) is 0.242. The Labute approximate surface area is 79.0 Å². The van der Waals surface area contributed by atoms with E-state index in [-0.39, 0.29) is 11.9 Å². The summed E-state index contributed by atoms with van der Waals surface area (Å²) in [5.41, 5.74) is 0. The largest absolute Gasteiger partial charge is 0.339 e. The fourth-order valence-electron chi connectivity index (χ4n) is 0.667. The normalized spacial score (nSPS) is 10.1. The molecule has 0 aliphatic rings. The van der Waals surface area contributed by atoms with E-state index >= 15 is 0 Å². The molecule has 0 N–H and O–H groups in total. The molecule has 0 radical (unpaired) electrons. The molecule has 0 bridgehead atoms. The highest BCUT2D eigenvalue weighted by molar-refractivity contribution is 8.03. The van der Waals surface area contributed by atoms with Crippen LogP contribution >= 0.6 is 11.8 Å². The van der Waals surface area contributed by atoms with Gasteiger partial charge in [-0.25, -0.2) is 0 Å². The third-order valence-corrected chi connectivity index (χ3v) is 2.46. The number of carbonyl (C=O) groups is 1. The van der Waals surface area contributed by atoms with Crippen LogP contribution in [0.5, 0.6) is 0 Å². The highest BCUT2D eigenvalue weighted by Crippen LogP contribution is 2.15. The van der Waals surface area contributed by atoms with Crippen molar-refractivity contribution in [1.29, 1.82) is 0 Å². The smallest absolute Gasteiger partial charge is 0.259 e. The number of likely N-dealkylation sites (N-methyl/N-ethyl adjacent to an activating group) is 1. The predicted molar refractivity (Wildman–Crippen MR) is 55.2 cm³/mol. The lowest BCUT2D eigenvalue weighted by Crippen LogP contribution is -2.33. The molecule has 0 aromatic rings. The van der Waals surface area contributed by atoms with Gasteiger partial charge in [0.2, 0.25) is 0 Å². The molecule has 0 aliphatic carbocycles. The van der Waals surface area contributed by atoms with Gasteiger partial charge in [-0.05, 0) is 19.6 Å². The van der Waals surface area contributed by atoms with E-state index in [1.165, 1.54) is 11.8 Å². The van der Waals surface area contributed by atoms with Crippen molar-refractivity contribution in [2.75, 3.05) is 12.8 Å². The minimum atomic E-state index is 0.0388. The monoisotopic (exact) mass is 187 g/mol. The fraction of sp³-hybridized carbons (Fsp3) is 0.667. The van der Waals surface area contributed by atoms with Crippen LogP contribution in [0.1, 0.15) is 20.8 Å². The van der Waals surface area contributed by atoms with Gasteiger partial charge in [0, 0.05) is 13.1 Å². The van der Waals surface area contributed by atoms with Crippen molar-refractivity contribution in [3.05, 3.63) is 11.5 Å². The molecule has 0 aromatic heterocycles. The molecule has 0 saturated carbocycles. The van der Waals surface area contributed by atoms with E-state index in [2.05, 4.69) is 6.58 Å². The first kappa shape index (κ1) is 11.6. The minimum Gasteiger partial charge on any atom is -0.339 e. The van der Waals surface area contributed by atoms with E-state index in [9.17, 15) is 4.79 Å². The lowest BCUT2D eigenvalue weighted by molar-refractivity contribution is -0.126. The van der Waals surface area contributed by atoms with Crippen molar-refractivity contribution in [3.63, 3.8) is 0 Å². The molecule has 0 fully saturated rings. The first-order chi connectivity index (χ1) is 5.50. The van der Waals surface area contributed by atoms with Crippen molar-refractivity contribution < 1.29 is 4.79 Å². The molecule has 1 amide bonds. The number of rotatable bonds is 4. The number of hydrogen-bond acceptors (Lipinski definition) is 2. The van der Waals surface area contributed by atoms with Crippen LogP contribution in [0, 0.1) is 0 Å². The molecule has 0 heterocycles. The summed E-state index contributed by atoms with van der Waals surface area (Å²) in [5.74, 6) is 0.938. The van der Waals surface area contributed by atoms with Gasteiger partial charge in [-0.1, -0.05) is 13.5 Å². The molecular formula is C9H17NOS. The van der Waals surface area contributed by atoms with E-state index < -0.39 is 0 Å². The van der Waals surface area contributed by atoms with Gasteiger partial charge in [0.05, 0.1) is 4.91 Å². The van der Waals surface area contributed by atoms with Crippen LogP contribution in [0.3, 0.4) is 0 Å². The molecule has 0 saturated heterocycles. The number of carbonyl (C=O) groups excluding carboxylic acids is 1. The molecule has 2 nitrogen and oxygen atoms in total. The standard InChI is InChI=1S/C9H17NOS/c1-6-12-8(4)9(11)10(5)7(2)3/h7H,4,6H2,1-3,5H3. The Kier molecular flexibility index (Phi) is 5.06. The highest BCUT2D eigenvalue weighted by atomic mass is 32.2. The van der Waals surface area contributed by atoms with Gasteiger partial charge in [0.15, 0.2) is 0 Å². The van der Waals surface area contributed by atoms with Gasteiger partial charge in [0.25, 0.3) is 5.91 Å². The van der Waals surface area contributed by atoms with Crippen LogP contribution in [0.4, 0.5) is 0 Å². The summed E-state index contributed by atoms with van der Waals surface area (Å²) in [6.45, 7) is 9.71. The third kappa shape index (κ3) is 3.30. The Morgan fingerprint density at radius 3 is 2.42 bits per heavy atom. The third-order valence-electron chi connectivity index (χ3n) is 1.65. The Morgan fingerprint density at radius 1 is 1.58 bits per heavy atom. The second-order valence-corrected chi connectivity index (χ2v) is 4.22. The van der Waals surface area contributed by atoms with E-state index in [1.54, 1.807) is 11.9 Å². The number of nitrogens with zero attached hydrogens (tertiary/aromatic N) is 1. The Morgan fingerprint density at radius 2 is 2.08 bits per heavy atom. The zero-order valence-corrected chi connectivity index (χ0v) is 9.07. The van der Waals surface area contributed by atoms with Crippen LogP contribution in [0.2, 0.25) is 0 Å². The second-order valence-electron chi connectivity index (χ2n) is 2.87. The molecule has 0 spiro atoms. The zero-order chi connectivity index (χ0) is 9.72. The summed E-state index contributed by atoms with van der Waals surface area (Å²) in [7, 11) is 1.80. The Bertz CT molecular complexity index is 177. The topological polar surface area (TPSA) is 20.3 Å². The average Bonchev–Trinajstić information content (AvgIpc) is 2.02. The molecule has 3 heteroatoms. The van der Waals surface area contributed by atoms with Crippen LogP contribution < -0.4 is 0 Å². The average molecular weight is 187 g/mol. The first-order valence-corrected chi connectivity index (χ1v) is 5.08. The van der Waals surface area contributed by atoms with Crippen LogP contribution in [0.15, 0.2) is 11.5 Å². The second kappa shape index (κ2) is 5.25. The van der Waals surface area contributed by atoms with Gasteiger partial charge >= 0.3 is 0 Å². The van der Waals surface area contributed by atoms with E-state index in [4.69, 9.17) is 0 Å². The SMILES string of the molecule is C=C(SCC)C(=O)N(C)C(C)C. The molecule has 0 atom stereocenters. The number of hydrogen-bond donors (Lipinski definition) is 0. The lowest BCUT2D eigenvalue weighted by Gasteiger charge is -2.21. The fourth-order valence-corrected chi connectivity index (χ4v) is 1.28. The van der Waals surface area contributed by atoms with Gasteiger partial charge in [0.1, 0.15) is 0 Å². The van der Waals surface area contributed by atoms with Crippen molar-refractivity contribution >= 4 is 17.7 Å². The van der Waals surface area contributed by atoms with E-state index in [0.29, 0.717) is 4.91 Å². The quantitative estimate of drug-likeness (QED) is 0.628. The van der Waals surface area contributed by atoms with Gasteiger partial charge in [-0.2, -0.15) is 0 Å². The van der Waals surface area contributed by atoms with E-state index in [0.717, 1.165) is 5.75 Å². The molecule has 0 rings (SSSR count). The maximum absolute atomic E-state index is 11.5. The van der Waals surface area contributed by atoms with Crippen LogP contribution in [-0.2, 0) is 4.79 Å². The van der Waals surface area contributed by atoms with Crippen LogP contribution in [-0.4, -0.2) is 29.6 Å². The maximum Gasteiger partial charge on any atom is 0.259 e. The van der Waals surface area contributed by atoms with Crippen molar-refractivity contribution in [2.45, 2.75) is 26.8 Å². The Balaban J connectivity index is 4.10. The number of thioether (sulfide) groups is 1. The zero-order valence-electron chi connectivity index (χ0n) is 8.26. The summed E-state index contributed by atoms with van der Waals surface area (Å²) in [4.78, 5) is 13.8. The molecule has 70 valence electrons. The molecular weight excluding hydrogens is 170 g/mol. The summed E-state index contributed by atoms with van der Waals surface area (Å²) < 4.78 is 0. The maximum atomic E-state index is 11.5. The van der Waals surface area contributed by atoms with Crippen LogP contribution in [0.25, 0.3) is 0 Å². The molecule has 0 aromatic carbocycles. The van der Waals surface area contributed by atoms with Crippen molar-refractivity contribution in [2.24, 2.45) is 0 Å². The number of amides is 1. The van der Waals surface area contributed by atoms with Crippen molar-refractivity contribution in [3.8, 4) is 0 Å². The predicted octanol–water partition coefficient (Wildman–Crippen LogP) is 2.12. The first-order valence-electron chi connectivity index (χ1n) is 4.09.